The van der Waals surface area contributed by atoms with Crippen LogP contribution in [0.1, 0.15) is 26.3 Å². The summed E-state index contributed by atoms with van der Waals surface area (Å²) < 4.78 is 12.1. The van der Waals surface area contributed by atoms with Crippen molar-refractivity contribution in [3.63, 3.8) is 0 Å². The first-order valence-corrected chi connectivity index (χ1v) is 11.6. The number of carbonyl (C=O) groups is 1. The molecule has 0 aliphatic carbocycles. The summed E-state index contributed by atoms with van der Waals surface area (Å²) in [5, 5.41) is 1.20. The Kier molecular flexibility index (Phi) is 7.86. The third-order valence-corrected chi connectivity index (χ3v) is 6.44. The van der Waals surface area contributed by atoms with Gasteiger partial charge in [0.15, 0.2) is 16.7 Å². The van der Waals surface area contributed by atoms with E-state index < -0.39 is 0 Å². The summed E-state index contributed by atoms with van der Waals surface area (Å²) in [7, 11) is 0. The zero-order chi connectivity index (χ0) is 21.7. The topological polar surface area (TPSA) is 51.1 Å². The van der Waals surface area contributed by atoms with Gasteiger partial charge in [0.25, 0.3) is 5.91 Å². The van der Waals surface area contributed by atoms with E-state index in [1.54, 1.807) is 11.0 Å². The van der Waals surface area contributed by atoms with Gasteiger partial charge in [0.1, 0.15) is 0 Å². The fraction of sp³-hybridized carbons (Fsp3) is 0.273. The molecule has 1 aliphatic heterocycles. The minimum Gasteiger partial charge on any atom is -0.490 e. The molecular weight excluding hydrogens is 488 g/mol. The molecule has 1 aliphatic rings. The Bertz CT molecular complexity index is 1010. The number of likely N-dealkylation sites (N-methyl/N-ethyl adjacent to an activating group) is 1. The van der Waals surface area contributed by atoms with Gasteiger partial charge in [0.05, 0.1) is 28.8 Å². The van der Waals surface area contributed by atoms with Gasteiger partial charge in [0, 0.05) is 11.0 Å². The molecule has 0 unspecified atom stereocenters. The first kappa shape index (κ1) is 22.7. The number of hydrogen-bond acceptors (Lipinski definition) is 5. The predicted octanol–water partition coefficient (Wildman–Crippen LogP) is 6.52. The zero-order valence-electron chi connectivity index (χ0n) is 16.9. The first-order chi connectivity index (χ1) is 14.5. The number of aliphatic imine (C=N–C) groups is 1. The van der Waals surface area contributed by atoms with Crippen molar-refractivity contribution < 1.29 is 14.3 Å². The number of rotatable bonds is 7. The van der Waals surface area contributed by atoms with Crippen LogP contribution in [0.15, 0.2) is 50.8 Å². The highest BCUT2D eigenvalue weighted by Gasteiger charge is 2.32. The van der Waals surface area contributed by atoms with Crippen molar-refractivity contribution in [1.82, 2.24) is 4.90 Å². The van der Waals surface area contributed by atoms with Crippen molar-refractivity contribution in [3.8, 4) is 11.5 Å². The van der Waals surface area contributed by atoms with Crippen LogP contribution in [0.25, 0.3) is 6.08 Å². The summed E-state index contributed by atoms with van der Waals surface area (Å²) in [4.78, 5) is 19.8. The van der Waals surface area contributed by atoms with Gasteiger partial charge in [-0.25, -0.2) is 4.99 Å². The fourth-order valence-electron chi connectivity index (χ4n) is 2.84. The molecule has 3 rings (SSSR count). The van der Waals surface area contributed by atoms with Crippen molar-refractivity contribution in [3.05, 3.63) is 56.4 Å². The maximum Gasteiger partial charge on any atom is 0.266 e. The number of nitrogens with zero attached hydrogens (tertiary/aromatic N) is 2. The number of ether oxygens (including phenoxy) is 2. The molecule has 0 spiro atoms. The van der Waals surface area contributed by atoms with Crippen molar-refractivity contribution in [2.75, 3.05) is 19.8 Å². The quantitative estimate of drug-likeness (QED) is 0.399. The lowest BCUT2D eigenvalue weighted by molar-refractivity contribution is -0.122. The zero-order valence-corrected chi connectivity index (χ0v) is 20.1. The molecular formula is C22H22BrClN2O3S. The van der Waals surface area contributed by atoms with Crippen LogP contribution >= 0.6 is 39.3 Å². The summed E-state index contributed by atoms with van der Waals surface area (Å²) in [6, 6.07) is 11.1. The van der Waals surface area contributed by atoms with Crippen molar-refractivity contribution in [1.29, 1.82) is 0 Å². The van der Waals surface area contributed by atoms with Crippen LogP contribution in [-0.2, 0) is 4.79 Å². The van der Waals surface area contributed by atoms with Gasteiger partial charge in [0.2, 0.25) is 0 Å². The molecule has 5 nitrogen and oxygen atoms in total. The van der Waals surface area contributed by atoms with Gasteiger partial charge in [-0.2, -0.15) is 0 Å². The molecule has 30 heavy (non-hydrogen) atoms. The lowest BCUT2D eigenvalue weighted by Crippen LogP contribution is -2.28. The van der Waals surface area contributed by atoms with E-state index in [-0.39, 0.29) is 5.91 Å². The normalized spacial score (nSPS) is 16.6. The molecule has 0 saturated carbocycles. The molecule has 1 amide bonds. The maximum atomic E-state index is 12.9. The number of hydrogen-bond donors (Lipinski definition) is 0. The number of amidine groups is 1. The number of halogens is 2. The smallest absolute Gasteiger partial charge is 0.266 e. The van der Waals surface area contributed by atoms with E-state index in [2.05, 4.69) is 20.9 Å². The third-order valence-electron chi connectivity index (χ3n) is 4.20. The summed E-state index contributed by atoms with van der Waals surface area (Å²) in [5.74, 6) is 1.28. The third kappa shape index (κ3) is 5.20. The average Bonchev–Trinajstić information content (AvgIpc) is 3.01. The SMILES string of the molecule is CCOc1ccc(/C=C2\SC(=Nc3ccc(Br)c(Cl)c3)N(CC)C2=O)cc1OCC. The van der Waals surface area contributed by atoms with E-state index >= 15 is 0 Å². The Morgan fingerprint density at radius 1 is 1.10 bits per heavy atom. The predicted molar refractivity (Wildman–Crippen MR) is 128 cm³/mol. The molecule has 0 bridgehead atoms. The number of thioether (sulfide) groups is 1. The lowest BCUT2D eigenvalue weighted by Gasteiger charge is -2.12. The molecule has 158 valence electrons. The molecule has 0 radical (unpaired) electrons. The van der Waals surface area contributed by atoms with Gasteiger partial charge < -0.3 is 9.47 Å². The van der Waals surface area contributed by atoms with Gasteiger partial charge in [-0.3, -0.25) is 9.69 Å². The number of amides is 1. The molecule has 1 saturated heterocycles. The second-order valence-electron chi connectivity index (χ2n) is 6.23. The summed E-state index contributed by atoms with van der Waals surface area (Å²) in [6.45, 7) is 7.39. The van der Waals surface area contributed by atoms with Crippen molar-refractivity contribution >= 4 is 62.1 Å². The van der Waals surface area contributed by atoms with Crippen LogP contribution < -0.4 is 9.47 Å². The van der Waals surface area contributed by atoms with Crippen molar-refractivity contribution in [2.24, 2.45) is 4.99 Å². The van der Waals surface area contributed by atoms with Gasteiger partial charge in [-0.15, -0.1) is 0 Å². The largest absolute Gasteiger partial charge is 0.490 e. The Hall–Kier alpha value is -1.96. The monoisotopic (exact) mass is 508 g/mol. The standard InChI is InChI=1S/C22H22BrClN2O3S/c1-4-26-21(27)20(30-22(26)25-15-8-9-16(23)17(24)13-15)12-14-7-10-18(28-5-2)19(11-14)29-6-3/h7-13H,4-6H2,1-3H3/b20-12-,25-22?. The summed E-state index contributed by atoms with van der Waals surface area (Å²) >= 11 is 10.9. The molecule has 0 N–H and O–H groups in total. The molecule has 8 heteroatoms. The highest BCUT2D eigenvalue weighted by Crippen LogP contribution is 2.36. The minimum absolute atomic E-state index is 0.0729. The lowest BCUT2D eigenvalue weighted by atomic mass is 10.2. The Balaban J connectivity index is 1.92. The van der Waals surface area contributed by atoms with E-state index in [9.17, 15) is 4.79 Å². The maximum absolute atomic E-state index is 12.9. The van der Waals surface area contributed by atoms with Crippen LogP contribution in [0, 0.1) is 0 Å². The van der Waals surface area contributed by atoms with Crippen LogP contribution in [0.4, 0.5) is 5.69 Å². The van der Waals surface area contributed by atoms with Crippen LogP contribution in [0.2, 0.25) is 5.02 Å². The highest BCUT2D eigenvalue weighted by atomic mass is 79.9. The molecule has 2 aromatic rings. The summed E-state index contributed by atoms with van der Waals surface area (Å²) in [5.41, 5.74) is 1.56. The van der Waals surface area contributed by atoms with Gasteiger partial charge >= 0.3 is 0 Å². The van der Waals surface area contributed by atoms with E-state index in [0.717, 1.165) is 10.0 Å². The number of benzene rings is 2. The fourth-order valence-corrected chi connectivity index (χ4v) is 4.33. The van der Waals surface area contributed by atoms with E-state index in [4.69, 9.17) is 21.1 Å². The van der Waals surface area contributed by atoms with Gasteiger partial charge in [-0.05, 0) is 90.4 Å². The van der Waals surface area contributed by atoms with E-state index in [1.807, 2.05) is 57.2 Å². The molecule has 0 aromatic heterocycles. The van der Waals surface area contributed by atoms with Crippen LogP contribution in [-0.4, -0.2) is 35.7 Å². The first-order valence-electron chi connectivity index (χ1n) is 9.61. The van der Waals surface area contributed by atoms with E-state index in [1.165, 1.54) is 11.8 Å². The van der Waals surface area contributed by atoms with Crippen molar-refractivity contribution in [2.45, 2.75) is 20.8 Å². The Morgan fingerprint density at radius 2 is 1.83 bits per heavy atom. The van der Waals surface area contributed by atoms with Gasteiger partial charge in [-0.1, -0.05) is 17.7 Å². The van der Waals surface area contributed by atoms with Crippen LogP contribution in [0.5, 0.6) is 11.5 Å². The van der Waals surface area contributed by atoms with E-state index in [0.29, 0.717) is 52.0 Å². The second-order valence-corrected chi connectivity index (χ2v) is 8.50. The Labute approximate surface area is 194 Å². The molecule has 0 atom stereocenters. The highest BCUT2D eigenvalue weighted by molar-refractivity contribution is 9.10. The Morgan fingerprint density at radius 3 is 2.50 bits per heavy atom. The minimum atomic E-state index is -0.0729. The second kappa shape index (κ2) is 10.4. The summed E-state index contributed by atoms with van der Waals surface area (Å²) in [6.07, 6.45) is 1.85. The molecule has 2 aromatic carbocycles. The molecule has 1 fully saturated rings. The number of carbonyl (C=O) groups excluding carboxylic acids is 1. The molecule has 1 heterocycles. The van der Waals surface area contributed by atoms with Crippen LogP contribution in [0.3, 0.4) is 0 Å². The average molecular weight is 510 g/mol.